The fourth-order valence-corrected chi connectivity index (χ4v) is 3.49. The maximum atomic E-state index is 13.4. The normalized spacial score (nSPS) is 24.0. The Bertz CT molecular complexity index is 575. The lowest BCUT2D eigenvalue weighted by atomic mass is 9.99. The number of hydrogen-bond acceptors (Lipinski definition) is 3. The lowest BCUT2D eigenvalue weighted by molar-refractivity contribution is -0.131. The number of amides is 1. The summed E-state index contributed by atoms with van der Waals surface area (Å²) < 4.78 is 26.4. The van der Waals surface area contributed by atoms with Crippen molar-refractivity contribution in [1.29, 1.82) is 0 Å². The molecule has 2 saturated heterocycles. The van der Waals surface area contributed by atoms with Gasteiger partial charge in [0.1, 0.15) is 0 Å². The number of hydrogen-bond donors (Lipinski definition) is 1. The van der Waals surface area contributed by atoms with Gasteiger partial charge in [0.15, 0.2) is 11.6 Å². The number of likely N-dealkylation sites (tertiary alicyclic amines) is 1. The molecule has 126 valence electrons. The van der Waals surface area contributed by atoms with Crippen LogP contribution in [-0.2, 0) is 4.79 Å². The van der Waals surface area contributed by atoms with Crippen LogP contribution in [0.5, 0.6) is 0 Å². The fourth-order valence-electron chi connectivity index (χ4n) is 3.49. The van der Waals surface area contributed by atoms with Crippen LogP contribution in [0.1, 0.15) is 24.8 Å². The lowest BCUT2D eigenvalue weighted by Crippen LogP contribution is -2.49. The molecule has 0 spiro atoms. The summed E-state index contributed by atoms with van der Waals surface area (Å²) in [6, 6.07) is 4.12. The molecule has 2 unspecified atom stereocenters. The first-order valence-electron chi connectivity index (χ1n) is 8.25. The predicted octanol–water partition coefficient (Wildman–Crippen LogP) is 1.57. The zero-order chi connectivity index (χ0) is 16.4. The van der Waals surface area contributed by atoms with Gasteiger partial charge in [-0.05, 0) is 31.0 Å². The second kappa shape index (κ2) is 6.93. The summed E-state index contributed by atoms with van der Waals surface area (Å²) in [5, 5.41) is 3.33. The van der Waals surface area contributed by atoms with E-state index in [1.165, 1.54) is 6.07 Å². The van der Waals surface area contributed by atoms with Crippen LogP contribution in [0.25, 0.3) is 0 Å². The Morgan fingerprint density at radius 2 is 1.96 bits per heavy atom. The monoisotopic (exact) mass is 323 g/mol. The van der Waals surface area contributed by atoms with Crippen molar-refractivity contribution in [2.75, 3.05) is 39.3 Å². The number of nitrogens with one attached hydrogen (secondary N) is 1. The molecule has 4 nitrogen and oxygen atoms in total. The average Bonchev–Trinajstić information content (AvgIpc) is 3.07. The van der Waals surface area contributed by atoms with Crippen molar-refractivity contribution in [2.24, 2.45) is 0 Å². The zero-order valence-corrected chi connectivity index (χ0v) is 13.4. The van der Waals surface area contributed by atoms with E-state index < -0.39 is 17.6 Å². The van der Waals surface area contributed by atoms with E-state index in [0.717, 1.165) is 57.8 Å². The number of benzene rings is 1. The topological polar surface area (TPSA) is 35.6 Å². The van der Waals surface area contributed by atoms with E-state index in [-0.39, 0.29) is 5.91 Å². The fraction of sp³-hybridized carbons (Fsp3) is 0.588. The smallest absolute Gasteiger partial charge is 0.229 e. The Morgan fingerprint density at radius 1 is 1.22 bits per heavy atom. The number of halogens is 2. The molecule has 2 aliphatic rings. The van der Waals surface area contributed by atoms with E-state index in [1.54, 1.807) is 6.92 Å². The zero-order valence-electron chi connectivity index (χ0n) is 13.4. The largest absolute Gasteiger partial charge is 0.341 e. The quantitative estimate of drug-likeness (QED) is 0.917. The summed E-state index contributed by atoms with van der Waals surface area (Å²) in [6.45, 7) is 7.25. The highest BCUT2D eigenvalue weighted by Gasteiger charge is 2.33. The molecular weight excluding hydrogens is 300 g/mol. The summed E-state index contributed by atoms with van der Waals surface area (Å²) >= 11 is 0. The van der Waals surface area contributed by atoms with Crippen molar-refractivity contribution >= 4 is 5.91 Å². The van der Waals surface area contributed by atoms with Crippen molar-refractivity contribution in [1.82, 2.24) is 15.1 Å². The number of carbonyl (C=O) groups is 1. The van der Waals surface area contributed by atoms with Gasteiger partial charge in [-0.3, -0.25) is 9.69 Å². The highest BCUT2D eigenvalue weighted by atomic mass is 19.2. The molecule has 1 amide bonds. The van der Waals surface area contributed by atoms with Crippen LogP contribution in [-0.4, -0.2) is 61.0 Å². The summed E-state index contributed by atoms with van der Waals surface area (Å²) in [4.78, 5) is 16.9. The summed E-state index contributed by atoms with van der Waals surface area (Å²) in [5.74, 6) is -2.24. The molecule has 2 heterocycles. The minimum Gasteiger partial charge on any atom is -0.341 e. The Morgan fingerprint density at radius 3 is 2.65 bits per heavy atom. The van der Waals surface area contributed by atoms with Crippen LogP contribution in [0, 0.1) is 11.6 Å². The first-order chi connectivity index (χ1) is 11.1. The third-order valence-corrected chi connectivity index (χ3v) is 4.96. The van der Waals surface area contributed by atoms with Crippen molar-refractivity contribution in [3.63, 3.8) is 0 Å². The van der Waals surface area contributed by atoms with Gasteiger partial charge >= 0.3 is 0 Å². The Balaban J connectivity index is 1.62. The number of piperazine rings is 1. The molecule has 2 aliphatic heterocycles. The van der Waals surface area contributed by atoms with E-state index in [0.29, 0.717) is 11.6 Å². The van der Waals surface area contributed by atoms with E-state index in [2.05, 4.69) is 10.2 Å². The standard InChI is InChI=1S/C17H23F2N3O/c1-12(13-2-3-15(18)16(19)10-13)17(23)22-7-4-14(11-22)21-8-5-20-6-9-21/h2-3,10,12,14,20H,4-9,11H2,1H3. The van der Waals surface area contributed by atoms with Crippen molar-refractivity contribution in [3.8, 4) is 0 Å². The molecule has 6 heteroatoms. The Kier molecular flexibility index (Phi) is 4.92. The van der Waals surface area contributed by atoms with Gasteiger partial charge in [0.2, 0.25) is 5.91 Å². The third-order valence-electron chi connectivity index (χ3n) is 4.96. The highest BCUT2D eigenvalue weighted by molar-refractivity contribution is 5.83. The van der Waals surface area contributed by atoms with Crippen LogP contribution >= 0.6 is 0 Å². The Labute approximate surface area is 135 Å². The molecule has 1 aromatic carbocycles. The van der Waals surface area contributed by atoms with Crippen LogP contribution < -0.4 is 5.32 Å². The molecule has 3 rings (SSSR count). The van der Waals surface area contributed by atoms with Crippen molar-refractivity contribution in [3.05, 3.63) is 35.4 Å². The highest BCUT2D eigenvalue weighted by Crippen LogP contribution is 2.24. The van der Waals surface area contributed by atoms with Gasteiger partial charge in [-0.1, -0.05) is 6.07 Å². The van der Waals surface area contributed by atoms with E-state index in [4.69, 9.17) is 0 Å². The average molecular weight is 323 g/mol. The molecule has 0 aromatic heterocycles. The maximum Gasteiger partial charge on any atom is 0.229 e. The number of carbonyl (C=O) groups excluding carboxylic acids is 1. The van der Waals surface area contributed by atoms with E-state index in [1.807, 2.05) is 4.90 Å². The van der Waals surface area contributed by atoms with Gasteiger partial charge in [0, 0.05) is 45.3 Å². The van der Waals surface area contributed by atoms with Gasteiger partial charge in [-0.2, -0.15) is 0 Å². The third kappa shape index (κ3) is 3.53. The number of rotatable bonds is 3. The second-order valence-electron chi connectivity index (χ2n) is 6.41. The van der Waals surface area contributed by atoms with Gasteiger partial charge in [-0.25, -0.2) is 8.78 Å². The van der Waals surface area contributed by atoms with Gasteiger partial charge in [0.25, 0.3) is 0 Å². The minimum atomic E-state index is -0.901. The molecule has 2 fully saturated rings. The molecule has 23 heavy (non-hydrogen) atoms. The molecular formula is C17H23F2N3O. The summed E-state index contributed by atoms with van der Waals surface area (Å²) in [5.41, 5.74) is 0.527. The van der Waals surface area contributed by atoms with Gasteiger partial charge in [-0.15, -0.1) is 0 Å². The Hall–Kier alpha value is -1.53. The van der Waals surface area contributed by atoms with Gasteiger partial charge < -0.3 is 10.2 Å². The summed E-state index contributed by atoms with van der Waals surface area (Å²) in [6.07, 6.45) is 0.982. The first kappa shape index (κ1) is 16.3. The second-order valence-corrected chi connectivity index (χ2v) is 6.41. The van der Waals surface area contributed by atoms with E-state index in [9.17, 15) is 13.6 Å². The van der Waals surface area contributed by atoms with Crippen LogP contribution in [0.15, 0.2) is 18.2 Å². The molecule has 2 atom stereocenters. The predicted molar refractivity (Wildman–Crippen MR) is 84.2 cm³/mol. The molecule has 1 aromatic rings. The molecule has 0 radical (unpaired) electrons. The lowest BCUT2D eigenvalue weighted by Gasteiger charge is -2.32. The first-order valence-corrected chi connectivity index (χ1v) is 8.25. The number of nitrogens with zero attached hydrogens (tertiary/aromatic N) is 2. The minimum absolute atomic E-state index is 0.00589. The molecule has 0 aliphatic carbocycles. The summed E-state index contributed by atoms with van der Waals surface area (Å²) in [7, 11) is 0. The SMILES string of the molecule is CC(C(=O)N1CCC(N2CCNCC2)C1)c1ccc(F)c(F)c1. The van der Waals surface area contributed by atoms with E-state index >= 15 is 0 Å². The van der Waals surface area contributed by atoms with Crippen LogP contribution in [0.2, 0.25) is 0 Å². The van der Waals surface area contributed by atoms with Gasteiger partial charge in [0.05, 0.1) is 5.92 Å². The molecule has 0 bridgehead atoms. The molecule has 0 saturated carbocycles. The molecule has 1 N–H and O–H groups in total. The van der Waals surface area contributed by atoms with Crippen LogP contribution in [0.3, 0.4) is 0 Å². The van der Waals surface area contributed by atoms with Crippen LogP contribution in [0.4, 0.5) is 8.78 Å². The maximum absolute atomic E-state index is 13.4. The van der Waals surface area contributed by atoms with Crippen molar-refractivity contribution in [2.45, 2.75) is 25.3 Å². The van der Waals surface area contributed by atoms with Crippen molar-refractivity contribution < 1.29 is 13.6 Å².